The highest BCUT2D eigenvalue weighted by atomic mass is 19.1. The lowest BCUT2D eigenvalue weighted by molar-refractivity contribution is 0.608. The minimum Gasteiger partial charge on any atom is -0.299 e. The molecule has 0 aliphatic rings. The average molecular weight is 235 g/mol. The van der Waals surface area contributed by atoms with Gasteiger partial charge in [-0.05, 0) is 18.1 Å². The van der Waals surface area contributed by atoms with Crippen LogP contribution in [0.25, 0.3) is 0 Å². The zero-order chi connectivity index (χ0) is 12.3. The van der Waals surface area contributed by atoms with E-state index in [4.69, 9.17) is 0 Å². The molecular formula is C12H14FN3O. The van der Waals surface area contributed by atoms with Crippen molar-refractivity contribution in [2.24, 2.45) is 0 Å². The van der Waals surface area contributed by atoms with Gasteiger partial charge >= 0.3 is 5.69 Å². The molecule has 5 heteroatoms. The van der Waals surface area contributed by atoms with E-state index in [-0.39, 0.29) is 11.5 Å². The van der Waals surface area contributed by atoms with Crippen LogP contribution in [0.4, 0.5) is 4.39 Å². The average Bonchev–Trinajstić information content (AvgIpc) is 2.62. The second-order valence-electron chi connectivity index (χ2n) is 3.91. The molecule has 0 unspecified atom stereocenters. The molecule has 0 saturated carbocycles. The van der Waals surface area contributed by atoms with E-state index >= 15 is 0 Å². The van der Waals surface area contributed by atoms with Crippen LogP contribution in [-0.4, -0.2) is 14.1 Å². The molecule has 90 valence electrons. The molecule has 0 aliphatic carbocycles. The van der Waals surface area contributed by atoms with Crippen LogP contribution in [0, 0.1) is 5.82 Å². The van der Waals surface area contributed by atoms with Crippen LogP contribution in [0.1, 0.15) is 18.9 Å². The number of imidazole rings is 1. The maximum Gasteiger partial charge on any atom is 0.328 e. The van der Waals surface area contributed by atoms with E-state index in [1.165, 1.54) is 6.07 Å². The van der Waals surface area contributed by atoms with Gasteiger partial charge in [0.25, 0.3) is 0 Å². The highest BCUT2D eigenvalue weighted by Crippen LogP contribution is 2.02. The van der Waals surface area contributed by atoms with Gasteiger partial charge < -0.3 is 0 Å². The van der Waals surface area contributed by atoms with Crippen molar-refractivity contribution in [3.8, 4) is 0 Å². The van der Waals surface area contributed by atoms with Crippen molar-refractivity contribution in [1.29, 1.82) is 0 Å². The molecule has 0 spiro atoms. The molecule has 17 heavy (non-hydrogen) atoms. The fourth-order valence-corrected chi connectivity index (χ4v) is 1.72. The third-order valence-electron chi connectivity index (χ3n) is 2.50. The lowest BCUT2D eigenvalue weighted by Crippen LogP contribution is -2.24. The molecule has 0 saturated heterocycles. The number of nitrogens with zero attached hydrogens (tertiary/aromatic N) is 3. The van der Waals surface area contributed by atoms with Crippen molar-refractivity contribution >= 4 is 0 Å². The summed E-state index contributed by atoms with van der Waals surface area (Å²) in [5.74, 6) is -0.386. The number of aromatic nitrogens is 3. The molecule has 0 atom stereocenters. The summed E-state index contributed by atoms with van der Waals surface area (Å²) < 4.78 is 16.1. The largest absolute Gasteiger partial charge is 0.328 e. The monoisotopic (exact) mass is 235 g/mol. The van der Waals surface area contributed by atoms with Crippen molar-refractivity contribution in [2.75, 3.05) is 0 Å². The Bertz CT molecular complexity index is 559. The molecule has 0 aliphatic heterocycles. The highest BCUT2D eigenvalue weighted by Gasteiger charge is 2.04. The molecule has 2 heterocycles. The number of hydrogen-bond acceptors (Lipinski definition) is 2. The van der Waals surface area contributed by atoms with Gasteiger partial charge in [0.15, 0.2) is 0 Å². The summed E-state index contributed by atoms with van der Waals surface area (Å²) in [6.07, 6.45) is 7.08. The first-order valence-corrected chi connectivity index (χ1v) is 5.55. The van der Waals surface area contributed by atoms with E-state index < -0.39 is 0 Å². The van der Waals surface area contributed by atoms with Gasteiger partial charge in [-0.15, -0.1) is 0 Å². The third-order valence-corrected chi connectivity index (χ3v) is 2.50. The Labute approximate surface area is 98.3 Å². The maximum atomic E-state index is 12.9. The van der Waals surface area contributed by atoms with Gasteiger partial charge in [0.1, 0.15) is 5.82 Å². The van der Waals surface area contributed by atoms with Crippen LogP contribution in [0.15, 0.2) is 35.6 Å². The topological polar surface area (TPSA) is 39.8 Å². The van der Waals surface area contributed by atoms with E-state index in [1.54, 1.807) is 27.7 Å². The van der Waals surface area contributed by atoms with Crippen LogP contribution in [0.2, 0.25) is 0 Å². The van der Waals surface area contributed by atoms with E-state index in [1.807, 2.05) is 6.92 Å². The summed E-state index contributed by atoms with van der Waals surface area (Å²) in [5.41, 5.74) is 0.609. The van der Waals surface area contributed by atoms with Crippen LogP contribution in [0.3, 0.4) is 0 Å². The van der Waals surface area contributed by atoms with E-state index in [2.05, 4.69) is 4.98 Å². The summed E-state index contributed by atoms with van der Waals surface area (Å²) in [6, 6.07) is 1.39. The SMILES string of the molecule is CCCn1ccn(Cc2cncc(F)c2)c1=O. The molecule has 0 radical (unpaired) electrons. The first-order chi connectivity index (χ1) is 8.20. The van der Waals surface area contributed by atoms with Gasteiger partial charge in [-0.3, -0.25) is 14.1 Å². The highest BCUT2D eigenvalue weighted by molar-refractivity contribution is 5.10. The van der Waals surface area contributed by atoms with Crippen molar-refractivity contribution < 1.29 is 4.39 Å². The van der Waals surface area contributed by atoms with Gasteiger partial charge in [-0.2, -0.15) is 0 Å². The Morgan fingerprint density at radius 1 is 1.29 bits per heavy atom. The lowest BCUT2D eigenvalue weighted by atomic mass is 10.3. The van der Waals surface area contributed by atoms with Gasteiger partial charge in [-0.25, -0.2) is 9.18 Å². The predicted molar refractivity (Wildman–Crippen MR) is 62.3 cm³/mol. The molecule has 0 N–H and O–H groups in total. The van der Waals surface area contributed by atoms with Crippen molar-refractivity contribution in [3.63, 3.8) is 0 Å². The third kappa shape index (κ3) is 2.61. The first-order valence-electron chi connectivity index (χ1n) is 5.55. The normalized spacial score (nSPS) is 10.7. The van der Waals surface area contributed by atoms with E-state index in [9.17, 15) is 9.18 Å². The Kier molecular flexibility index (Phi) is 3.37. The second-order valence-corrected chi connectivity index (χ2v) is 3.91. The Morgan fingerprint density at radius 3 is 2.76 bits per heavy atom. The number of pyridine rings is 1. The van der Waals surface area contributed by atoms with Crippen LogP contribution in [0.5, 0.6) is 0 Å². The Balaban J connectivity index is 2.22. The van der Waals surface area contributed by atoms with Crippen molar-refractivity contribution in [3.05, 3.63) is 52.7 Å². The van der Waals surface area contributed by atoms with E-state index in [0.717, 1.165) is 12.6 Å². The van der Waals surface area contributed by atoms with E-state index in [0.29, 0.717) is 18.7 Å². The number of hydrogen-bond donors (Lipinski definition) is 0. The fraction of sp³-hybridized carbons (Fsp3) is 0.333. The first kappa shape index (κ1) is 11.6. The Morgan fingerprint density at radius 2 is 2.06 bits per heavy atom. The molecule has 2 aromatic rings. The lowest BCUT2D eigenvalue weighted by Gasteiger charge is -2.01. The summed E-state index contributed by atoms with van der Waals surface area (Å²) in [6.45, 7) is 3.06. The minimum atomic E-state index is -0.386. The van der Waals surface area contributed by atoms with Crippen molar-refractivity contribution in [2.45, 2.75) is 26.4 Å². The van der Waals surface area contributed by atoms with Gasteiger partial charge in [-0.1, -0.05) is 6.92 Å². The Hall–Kier alpha value is -1.91. The van der Waals surface area contributed by atoms with Gasteiger partial charge in [0.2, 0.25) is 0 Å². The molecule has 0 aromatic carbocycles. The number of aryl methyl sites for hydroxylation is 1. The van der Waals surface area contributed by atoms with Crippen LogP contribution >= 0.6 is 0 Å². The quantitative estimate of drug-likeness (QED) is 0.808. The summed E-state index contributed by atoms with van der Waals surface area (Å²) in [4.78, 5) is 15.6. The number of rotatable bonds is 4. The fourth-order valence-electron chi connectivity index (χ4n) is 1.72. The molecule has 0 bridgehead atoms. The predicted octanol–water partition coefficient (Wildman–Crippen LogP) is 1.64. The van der Waals surface area contributed by atoms with Crippen LogP contribution in [-0.2, 0) is 13.1 Å². The summed E-state index contributed by atoms with van der Waals surface area (Å²) >= 11 is 0. The molecule has 0 fully saturated rings. The summed E-state index contributed by atoms with van der Waals surface area (Å²) in [7, 11) is 0. The molecular weight excluding hydrogens is 221 g/mol. The number of halogens is 1. The zero-order valence-corrected chi connectivity index (χ0v) is 9.64. The molecule has 2 aromatic heterocycles. The maximum absolute atomic E-state index is 12.9. The smallest absolute Gasteiger partial charge is 0.299 e. The van der Waals surface area contributed by atoms with Crippen molar-refractivity contribution in [1.82, 2.24) is 14.1 Å². The molecule has 0 amide bonds. The second kappa shape index (κ2) is 4.95. The minimum absolute atomic E-state index is 0.0730. The molecule has 2 rings (SSSR count). The standard InChI is InChI=1S/C12H14FN3O/c1-2-3-15-4-5-16(12(15)17)9-10-6-11(13)8-14-7-10/h4-8H,2-3,9H2,1H3. The van der Waals surface area contributed by atoms with Crippen LogP contribution < -0.4 is 5.69 Å². The van der Waals surface area contributed by atoms with Gasteiger partial charge in [0.05, 0.1) is 12.7 Å². The summed E-state index contributed by atoms with van der Waals surface area (Å²) in [5, 5.41) is 0. The zero-order valence-electron chi connectivity index (χ0n) is 9.64. The van der Waals surface area contributed by atoms with Gasteiger partial charge in [0, 0.05) is 25.1 Å². The molecule has 4 nitrogen and oxygen atoms in total.